The zero-order valence-corrected chi connectivity index (χ0v) is 3.02. The normalized spacial score (nSPS) is 6.83. The minimum absolute atomic E-state index is 0.824. The van der Waals surface area contributed by atoms with Crippen LogP contribution in [0.3, 0.4) is 0 Å². The standard InChI is InChI=1S/C3H3NO2/c1-4-3(6)2-5/h1H2,(H,4,6). The molecule has 32 valence electrons. The Bertz CT molecular complexity index is 69.2. The van der Waals surface area contributed by atoms with E-state index < -0.39 is 5.91 Å². The summed E-state index contributed by atoms with van der Waals surface area (Å²) in [5.41, 5.74) is 0. The van der Waals surface area contributed by atoms with Gasteiger partial charge in [0.2, 0.25) is 0 Å². The highest BCUT2D eigenvalue weighted by Gasteiger charge is 1.87. The Labute approximate surface area is 35.3 Å². The van der Waals surface area contributed by atoms with E-state index in [4.69, 9.17) is 4.79 Å². The molecule has 1 N–H and O–H groups in total. The van der Waals surface area contributed by atoms with Crippen LogP contribution in [0, 0.1) is 7.05 Å². The average molecular weight is 85.1 g/mol. The summed E-state index contributed by atoms with van der Waals surface area (Å²) in [6.07, 6.45) is 1.05. The maximum Gasteiger partial charge on any atom is 0.296 e. The van der Waals surface area contributed by atoms with Gasteiger partial charge >= 0.3 is 0 Å². The van der Waals surface area contributed by atoms with E-state index in [2.05, 4.69) is 7.05 Å². The Morgan fingerprint density at radius 2 is 2.33 bits per heavy atom. The lowest BCUT2D eigenvalue weighted by atomic mass is 10.7. The van der Waals surface area contributed by atoms with Gasteiger partial charge in [0.25, 0.3) is 12.2 Å². The predicted octanol–water partition coefficient (Wildman–Crippen LogP) is -0.996. The van der Waals surface area contributed by atoms with Crippen molar-refractivity contribution >= 4 is 12.2 Å². The summed E-state index contributed by atoms with van der Waals surface area (Å²) < 4.78 is 0. The van der Waals surface area contributed by atoms with E-state index in [1.807, 2.05) is 0 Å². The second-order valence-electron chi connectivity index (χ2n) is 0.608. The van der Waals surface area contributed by atoms with Crippen LogP contribution in [0.2, 0.25) is 0 Å². The van der Waals surface area contributed by atoms with Crippen LogP contribution < -0.4 is 5.32 Å². The maximum atomic E-state index is 9.58. The second kappa shape index (κ2) is 2.38. The quantitative estimate of drug-likeness (QED) is 0.415. The lowest BCUT2D eigenvalue weighted by molar-refractivity contribution is -0.114. The summed E-state index contributed by atoms with van der Waals surface area (Å²) in [5.74, 6) is -0.824. The lowest BCUT2D eigenvalue weighted by Crippen LogP contribution is -2.15. The van der Waals surface area contributed by atoms with Gasteiger partial charge in [0.1, 0.15) is 0 Å². The molecule has 0 bridgehead atoms. The molecule has 0 aliphatic heterocycles. The summed E-state index contributed by atoms with van der Waals surface area (Å²) in [5, 5.41) is 1.80. The number of hydrogen-bond acceptors (Lipinski definition) is 2. The molecule has 0 atom stereocenters. The van der Waals surface area contributed by atoms with Crippen LogP contribution in [0.4, 0.5) is 0 Å². The first-order valence-electron chi connectivity index (χ1n) is 1.26. The third kappa shape index (κ3) is 1.46. The van der Waals surface area contributed by atoms with E-state index in [9.17, 15) is 4.79 Å². The van der Waals surface area contributed by atoms with Gasteiger partial charge in [0.15, 0.2) is 0 Å². The number of amides is 1. The average Bonchev–Trinajstić information content (AvgIpc) is 1.65. The molecule has 3 heteroatoms. The summed E-state index contributed by atoms with van der Waals surface area (Å²) >= 11 is 0. The number of nitrogens with one attached hydrogen (secondary N) is 1. The van der Waals surface area contributed by atoms with Gasteiger partial charge in [-0.2, -0.15) is 0 Å². The molecule has 0 saturated heterocycles. The number of rotatable bonds is 1. The van der Waals surface area contributed by atoms with Crippen molar-refractivity contribution < 1.29 is 9.59 Å². The highest BCUT2D eigenvalue weighted by atomic mass is 16.2. The third-order valence-corrected chi connectivity index (χ3v) is 0.253. The summed E-state index contributed by atoms with van der Waals surface area (Å²) in [4.78, 5) is 18.7. The van der Waals surface area contributed by atoms with E-state index in [1.165, 1.54) is 0 Å². The Hall–Kier alpha value is -0.860. The maximum absolute atomic E-state index is 9.58. The molecule has 0 saturated carbocycles. The van der Waals surface area contributed by atoms with Crippen molar-refractivity contribution in [1.29, 1.82) is 0 Å². The second-order valence-corrected chi connectivity index (χ2v) is 0.608. The molecule has 0 unspecified atom stereocenters. The van der Waals surface area contributed by atoms with E-state index in [-0.39, 0.29) is 0 Å². The molecule has 0 aliphatic carbocycles. The molecule has 0 fully saturated rings. The van der Waals surface area contributed by atoms with E-state index >= 15 is 0 Å². The fourth-order valence-electron chi connectivity index (χ4n) is 0.0361. The zero-order chi connectivity index (χ0) is 4.99. The molecule has 3 nitrogen and oxygen atoms in total. The van der Waals surface area contributed by atoms with E-state index in [0.717, 1.165) is 6.29 Å². The fraction of sp³-hybridized carbons (Fsp3) is 0. The molecule has 0 aliphatic rings. The summed E-state index contributed by atoms with van der Waals surface area (Å²) in [6.45, 7) is 0. The molecule has 0 aromatic carbocycles. The predicted molar refractivity (Wildman–Crippen MR) is 19.2 cm³/mol. The minimum Gasteiger partial charge on any atom is -0.347 e. The molecule has 0 rings (SSSR count). The van der Waals surface area contributed by atoms with Crippen molar-refractivity contribution in [2.75, 3.05) is 0 Å². The molecule has 0 spiro atoms. The number of hydrogen-bond donors (Lipinski definition) is 1. The Kier molecular flexibility index (Phi) is 2.04. The third-order valence-electron chi connectivity index (χ3n) is 0.253. The van der Waals surface area contributed by atoms with Crippen molar-refractivity contribution in [1.82, 2.24) is 5.32 Å². The van der Waals surface area contributed by atoms with Gasteiger partial charge in [-0.1, -0.05) is 0 Å². The van der Waals surface area contributed by atoms with Crippen LogP contribution in [-0.2, 0) is 9.59 Å². The molecular weight excluding hydrogens is 82.0 g/mol. The van der Waals surface area contributed by atoms with Gasteiger partial charge in [-0.15, -0.1) is 0 Å². The molecule has 6 heavy (non-hydrogen) atoms. The van der Waals surface area contributed by atoms with Crippen molar-refractivity contribution in [2.45, 2.75) is 0 Å². The minimum atomic E-state index is -0.824. The van der Waals surface area contributed by atoms with Crippen molar-refractivity contribution in [3.05, 3.63) is 7.05 Å². The smallest absolute Gasteiger partial charge is 0.296 e. The molecule has 2 radical (unpaired) electrons. The van der Waals surface area contributed by atoms with E-state index in [0.29, 0.717) is 0 Å². The van der Waals surface area contributed by atoms with Gasteiger partial charge in [0, 0.05) is 7.05 Å². The first-order valence-corrected chi connectivity index (χ1v) is 1.26. The molecule has 0 aromatic rings. The highest BCUT2D eigenvalue weighted by molar-refractivity contribution is 6.24. The monoisotopic (exact) mass is 85.0 g/mol. The topological polar surface area (TPSA) is 46.2 Å². The van der Waals surface area contributed by atoms with Crippen molar-refractivity contribution in [3.63, 3.8) is 0 Å². The van der Waals surface area contributed by atoms with E-state index in [1.54, 1.807) is 5.32 Å². The lowest BCUT2D eigenvalue weighted by Gasteiger charge is -1.77. The van der Waals surface area contributed by atoms with Crippen LogP contribution in [0.5, 0.6) is 0 Å². The first-order chi connectivity index (χ1) is 2.81. The summed E-state index contributed by atoms with van der Waals surface area (Å²) in [7, 11) is 2.89. The van der Waals surface area contributed by atoms with Gasteiger partial charge < -0.3 is 5.32 Å². The first kappa shape index (κ1) is 5.14. The van der Waals surface area contributed by atoms with Gasteiger partial charge in [-0.3, -0.25) is 9.59 Å². The van der Waals surface area contributed by atoms with Gasteiger partial charge in [-0.05, 0) is 0 Å². The van der Waals surface area contributed by atoms with Crippen molar-refractivity contribution in [2.24, 2.45) is 0 Å². The highest BCUT2D eigenvalue weighted by Crippen LogP contribution is 1.45. The van der Waals surface area contributed by atoms with Crippen LogP contribution in [0.25, 0.3) is 0 Å². The van der Waals surface area contributed by atoms with Crippen LogP contribution in [0.1, 0.15) is 0 Å². The Morgan fingerprint density at radius 3 is 2.33 bits per heavy atom. The van der Waals surface area contributed by atoms with Gasteiger partial charge in [0.05, 0.1) is 0 Å². The summed E-state index contributed by atoms with van der Waals surface area (Å²) in [6, 6.07) is 0. The number of carbonyl (C=O) groups is 1. The molecule has 0 heterocycles. The number of carbonyl (C=O) groups excluding carboxylic acids is 2. The van der Waals surface area contributed by atoms with Crippen LogP contribution >= 0.6 is 0 Å². The fourth-order valence-corrected chi connectivity index (χ4v) is 0.0361. The molecule has 1 amide bonds. The van der Waals surface area contributed by atoms with Crippen LogP contribution in [-0.4, -0.2) is 12.2 Å². The van der Waals surface area contributed by atoms with Crippen molar-refractivity contribution in [3.8, 4) is 0 Å². The Morgan fingerprint density at radius 1 is 1.83 bits per heavy atom. The zero-order valence-electron chi connectivity index (χ0n) is 3.02. The Balaban J connectivity index is 3.23. The largest absolute Gasteiger partial charge is 0.347 e. The van der Waals surface area contributed by atoms with Gasteiger partial charge in [-0.25, -0.2) is 0 Å². The SMILES string of the molecule is [CH2]NC(=O)[C]=O. The molecular formula is C3H3NO2. The molecule has 0 aromatic heterocycles. The van der Waals surface area contributed by atoms with Crippen LogP contribution in [0.15, 0.2) is 0 Å².